The molecule has 0 aliphatic carbocycles. The van der Waals surface area contributed by atoms with E-state index in [2.05, 4.69) is 39.9 Å². The van der Waals surface area contributed by atoms with Gasteiger partial charge in [0.2, 0.25) is 0 Å². The van der Waals surface area contributed by atoms with Gasteiger partial charge in [-0.3, -0.25) is 0 Å². The van der Waals surface area contributed by atoms with E-state index in [1.54, 1.807) is 0 Å². The molecule has 0 heterocycles. The molecule has 0 amide bonds. The van der Waals surface area contributed by atoms with Crippen molar-refractivity contribution < 1.29 is 26.0 Å². The van der Waals surface area contributed by atoms with Crippen LogP contribution in [0.2, 0.25) is 0 Å². The molecule has 21 heavy (non-hydrogen) atoms. The molecule has 0 aromatic carbocycles. The molecule has 3 atom stereocenters. The monoisotopic (exact) mass is 438 g/mol. The molecule has 3 unspecified atom stereocenters. The largest absolute Gasteiger partial charge is 0.364 e. The SMILES string of the molecule is CCCCC(CC)CS(CC(CC)CCCC)=[PH](O)S.[Mo]. The summed E-state index contributed by atoms with van der Waals surface area (Å²) in [4.78, 5) is 10.1. The number of thiol groups is 1. The molecular formula is C16H37MoOPS2. The van der Waals surface area contributed by atoms with E-state index < -0.39 is 6.13 Å². The van der Waals surface area contributed by atoms with E-state index in [0.29, 0.717) is 0 Å². The Balaban J connectivity index is 0. The summed E-state index contributed by atoms with van der Waals surface area (Å²) in [6.45, 7) is 9.14. The normalized spacial score (nSPS) is 16.9. The smallest absolute Gasteiger partial charge is 0.0631 e. The second-order valence-corrected chi connectivity index (χ2v) is 13.2. The first-order valence-electron chi connectivity index (χ1n) is 8.51. The molecule has 130 valence electrons. The van der Waals surface area contributed by atoms with Crippen LogP contribution in [0.25, 0.3) is 0 Å². The second kappa shape index (κ2) is 16.6. The van der Waals surface area contributed by atoms with Crippen molar-refractivity contribution in [1.82, 2.24) is 0 Å². The minimum atomic E-state index is -1.41. The van der Waals surface area contributed by atoms with E-state index in [9.17, 15) is 4.89 Å². The molecule has 0 bridgehead atoms. The summed E-state index contributed by atoms with van der Waals surface area (Å²) in [5, 5.41) is 0. The van der Waals surface area contributed by atoms with E-state index in [0.717, 1.165) is 11.8 Å². The number of hydrogen-bond acceptors (Lipinski definition) is 0. The fourth-order valence-corrected chi connectivity index (χ4v) is 8.61. The van der Waals surface area contributed by atoms with E-state index in [-0.39, 0.29) is 31.1 Å². The topological polar surface area (TPSA) is 20.2 Å². The van der Waals surface area contributed by atoms with Crippen LogP contribution in [0.1, 0.15) is 79.1 Å². The van der Waals surface area contributed by atoms with Gasteiger partial charge in [-0.25, -0.2) is 0 Å². The molecule has 5 heteroatoms. The van der Waals surface area contributed by atoms with Gasteiger partial charge in [-0.2, -0.15) is 10.1 Å². The Morgan fingerprint density at radius 3 is 1.52 bits per heavy atom. The van der Waals surface area contributed by atoms with Crippen LogP contribution < -0.4 is 0 Å². The summed E-state index contributed by atoms with van der Waals surface area (Å²) in [6, 6.07) is 0. The Labute approximate surface area is 156 Å². The summed E-state index contributed by atoms with van der Waals surface area (Å²) >= 11 is 4.47. The van der Waals surface area contributed by atoms with Crippen LogP contribution in [0.5, 0.6) is 0 Å². The zero-order valence-corrected chi connectivity index (χ0v) is 19.2. The zero-order chi connectivity index (χ0) is 15.4. The van der Waals surface area contributed by atoms with Crippen LogP contribution in [-0.4, -0.2) is 16.4 Å². The van der Waals surface area contributed by atoms with Gasteiger partial charge in [-0.15, -0.1) is 12.2 Å². The van der Waals surface area contributed by atoms with E-state index >= 15 is 0 Å². The molecule has 0 fully saturated rings. The Kier molecular flexibility index (Phi) is 19.8. The quantitative estimate of drug-likeness (QED) is 0.221. The van der Waals surface area contributed by atoms with Crippen LogP contribution in [0, 0.1) is 11.8 Å². The van der Waals surface area contributed by atoms with Crippen molar-refractivity contribution in [1.29, 1.82) is 0 Å². The molecule has 1 nitrogen and oxygen atoms in total. The van der Waals surface area contributed by atoms with Crippen molar-refractivity contribution in [3.63, 3.8) is 0 Å². The molecule has 0 aromatic heterocycles. The van der Waals surface area contributed by atoms with Crippen LogP contribution >= 0.6 is 18.4 Å². The van der Waals surface area contributed by atoms with Gasteiger partial charge >= 0.3 is 0 Å². The van der Waals surface area contributed by atoms with Gasteiger partial charge in [0.05, 0.1) is 6.13 Å². The third kappa shape index (κ3) is 12.8. The van der Waals surface area contributed by atoms with E-state index in [1.165, 1.54) is 62.9 Å². The van der Waals surface area contributed by atoms with Gasteiger partial charge in [0, 0.05) is 21.1 Å². The predicted octanol–water partition coefficient (Wildman–Crippen LogP) is 5.92. The van der Waals surface area contributed by atoms with Crippen molar-refractivity contribution in [2.45, 2.75) is 79.1 Å². The third-order valence-electron chi connectivity index (χ3n) is 4.22. The van der Waals surface area contributed by atoms with Gasteiger partial charge in [-0.1, -0.05) is 66.2 Å². The maximum absolute atomic E-state index is 10.1. The maximum atomic E-state index is 10.1. The minimum Gasteiger partial charge on any atom is -0.364 e. The zero-order valence-electron chi connectivity index (χ0n) is 14.4. The summed E-state index contributed by atoms with van der Waals surface area (Å²) in [5.74, 6) is 4.07. The standard InChI is InChI=1S/C16H37OPS2.Mo/c1-5-9-11-15(7-3)13-20(18(17)19)14-16(8-4)12-10-6-2;/h15-19H,5-14H2,1-4H3;. The van der Waals surface area contributed by atoms with Crippen molar-refractivity contribution in [3.8, 4) is 0 Å². The van der Waals surface area contributed by atoms with Crippen molar-refractivity contribution >= 4 is 28.4 Å². The number of unbranched alkanes of at least 4 members (excludes halogenated alkanes) is 2. The average molecular weight is 437 g/mol. The molecule has 0 rings (SSSR count). The average Bonchev–Trinajstić information content (AvgIpc) is 2.45. The van der Waals surface area contributed by atoms with Gasteiger partial charge in [-0.05, 0) is 36.2 Å². The minimum absolute atomic E-state index is 0. The summed E-state index contributed by atoms with van der Waals surface area (Å²) in [7, 11) is 0.179. The first-order chi connectivity index (χ1) is 9.58. The van der Waals surface area contributed by atoms with Crippen molar-refractivity contribution in [3.05, 3.63) is 0 Å². The summed E-state index contributed by atoms with van der Waals surface area (Å²) in [5.41, 5.74) is 0. The van der Waals surface area contributed by atoms with Gasteiger partial charge in [0.25, 0.3) is 0 Å². The van der Waals surface area contributed by atoms with Gasteiger partial charge < -0.3 is 4.89 Å². The van der Waals surface area contributed by atoms with Gasteiger partial charge in [0.15, 0.2) is 0 Å². The summed E-state index contributed by atoms with van der Waals surface area (Å²) in [6.07, 6.45) is 9.04. The molecule has 0 aliphatic heterocycles. The Morgan fingerprint density at radius 1 is 0.905 bits per heavy atom. The number of rotatable bonds is 12. The fourth-order valence-electron chi connectivity index (χ4n) is 2.58. The molecular weight excluding hydrogens is 399 g/mol. The fraction of sp³-hybridized carbons (Fsp3) is 1.00. The molecule has 0 radical (unpaired) electrons. The maximum Gasteiger partial charge on any atom is 0.0631 e. The van der Waals surface area contributed by atoms with Crippen LogP contribution in [0.3, 0.4) is 0 Å². The number of hydrogen-bond donors (Lipinski definition) is 2. The van der Waals surface area contributed by atoms with E-state index in [4.69, 9.17) is 0 Å². The molecule has 0 aromatic rings. The Morgan fingerprint density at radius 2 is 1.29 bits per heavy atom. The summed E-state index contributed by atoms with van der Waals surface area (Å²) < 4.78 is 0. The van der Waals surface area contributed by atoms with Gasteiger partial charge in [0.1, 0.15) is 0 Å². The van der Waals surface area contributed by atoms with Crippen molar-refractivity contribution in [2.75, 3.05) is 11.5 Å². The van der Waals surface area contributed by atoms with Crippen LogP contribution in [-0.2, 0) is 31.1 Å². The Bertz CT molecular complexity index is 251. The first-order valence-corrected chi connectivity index (χ1v) is 13.5. The molecule has 0 spiro atoms. The molecule has 0 saturated carbocycles. The van der Waals surface area contributed by atoms with Crippen molar-refractivity contribution in [2.24, 2.45) is 11.8 Å². The Hall–Kier alpha value is 1.78. The predicted molar refractivity (Wildman–Crippen MR) is 103 cm³/mol. The van der Waals surface area contributed by atoms with Crippen LogP contribution in [0.4, 0.5) is 0 Å². The molecule has 0 saturated heterocycles. The van der Waals surface area contributed by atoms with E-state index in [1.807, 2.05) is 0 Å². The first kappa shape index (κ1) is 25.0. The molecule has 1 N–H and O–H groups in total. The second-order valence-electron chi connectivity index (χ2n) is 5.94. The molecule has 0 aliphatic rings. The third-order valence-corrected chi connectivity index (χ3v) is 11.4. The van der Waals surface area contributed by atoms with Crippen LogP contribution in [0.15, 0.2) is 0 Å².